The Hall–Kier alpha value is -2.34. The number of hydrogen-bond acceptors (Lipinski definition) is 6. The first-order valence-electron chi connectivity index (χ1n) is 11.1. The molecule has 2 fully saturated rings. The van der Waals surface area contributed by atoms with Crippen molar-refractivity contribution in [3.63, 3.8) is 0 Å². The fraction of sp³-hybridized carbons (Fsp3) is 0.565. The fourth-order valence-corrected chi connectivity index (χ4v) is 4.64. The van der Waals surface area contributed by atoms with Crippen LogP contribution >= 0.6 is 0 Å². The van der Waals surface area contributed by atoms with Crippen LogP contribution in [0.2, 0.25) is 0 Å². The number of hydrogen-bond donors (Lipinski definition) is 0. The van der Waals surface area contributed by atoms with Gasteiger partial charge in [0.1, 0.15) is 11.6 Å². The summed E-state index contributed by atoms with van der Waals surface area (Å²) in [6, 6.07) is 8.83. The molecule has 3 aliphatic heterocycles. The maximum atomic E-state index is 5.62. The molecule has 0 amide bonds. The molecule has 0 unspecified atom stereocenters. The molecule has 0 bridgehead atoms. The predicted molar refractivity (Wildman–Crippen MR) is 116 cm³/mol. The molecular weight excluding hydrogens is 362 g/mol. The van der Waals surface area contributed by atoms with Gasteiger partial charge in [0, 0.05) is 64.0 Å². The van der Waals surface area contributed by atoms with Crippen molar-refractivity contribution in [2.24, 2.45) is 0 Å². The van der Waals surface area contributed by atoms with E-state index in [-0.39, 0.29) is 0 Å². The summed E-state index contributed by atoms with van der Waals surface area (Å²) in [4.78, 5) is 17.0. The number of anilines is 2. The normalized spacial score (nSPS) is 19.5. The highest BCUT2D eigenvalue weighted by Gasteiger charge is 2.22. The number of piperazine rings is 1. The number of ether oxygens (including phenoxy) is 1. The molecule has 1 aromatic carbocycles. The second-order valence-corrected chi connectivity index (χ2v) is 8.48. The molecule has 154 valence electrons. The lowest BCUT2D eigenvalue weighted by molar-refractivity contribution is 0.259. The van der Waals surface area contributed by atoms with Crippen LogP contribution in [0.15, 0.2) is 24.3 Å². The molecular formula is C23H31N5O. The van der Waals surface area contributed by atoms with Crippen molar-refractivity contribution < 1.29 is 4.74 Å². The highest BCUT2D eigenvalue weighted by molar-refractivity contribution is 5.47. The topological polar surface area (TPSA) is 44.7 Å². The zero-order chi connectivity index (χ0) is 19.6. The molecule has 3 aliphatic rings. The van der Waals surface area contributed by atoms with E-state index in [0.29, 0.717) is 0 Å². The minimum Gasteiger partial charge on any atom is -0.493 e. The summed E-state index contributed by atoms with van der Waals surface area (Å²) >= 11 is 0. The minimum atomic E-state index is 0.835. The third-order valence-electron chi connectivity index (χ3n) is 6.38. The van der Waals surface area contributed by atoms with Crippen LogP contribution in [0.5, 0.6) is 5.75 Å². The van der Waals surface area contributed by atoms with Gasteiger partial charge in [0.15, 0.2) is 0 Å². The highest BCUT2D eigenvalue weighted by Crippen LogP contribution is 2.26. The van der Waals surface area contributed by atoms with E-state index in [1.54, 1.807) is 0 Å². The van der Waals surface area contributed by atoms with Crippen LogP contribution < -0.4 is 14.5 Å². The molecule has 4 heterocycles. The Bertz CT molecular complexity index is 856. The fourth-order valence-electron chi connectivity index (χ4n) is 4.64. The maximum Gasteiger partial charge on any atom is 0.227 e. The van der Waals surface area contributed by atoms with Gasteiger partial charge in [-0.15, -0.1) is 0 Å². The molecule has 0 N–H and O–H groups in total. The van der Waals surface area contributed by atoms with Crippen LogP contribution in [0.1, 0.15) is 29.7 Å². The molecule has 0 saturated carbocycles. The van der Waals surface area contributed by atoms with Gasteiger partial charge in [0.2, 0.25) is 5.95 Å². The number of aromatic nitrogens is 2. The quantitative estimate of drug-likeness (QED) is 0.778. The zero-order valence-electron chi connectivity index (χ0n) is 17.4. The lowest BCUT2D eigenvalue weighted by atomic mass is 10.1. The predicted octanol–water partition coefficient (Wildman–Crippen LogP) is 2.68. The smallest absolute Gasteiger partial charge is 0.227 e. The number of benzene rings is 1. The van der Waals surface area contributed by atoms with E-state index < -0.39 is 0 Å². The van der Waals surface area contributed by atoms with Gasteiger partial charge in [0.25, 0.3) is 0 Å². The van der Waals surface area contributed by atoms with E-state index in [2.05, 4.69) is 45.9 Å². The second kappa shape index (κ2) is 8.19. The van der Waals surface area contributed by atoms with E-state index in [4.69, 9.17) is 14.7 Å². The van der Waals surface area contributed by atoms with E-state index in [1.807, 2.05) is 0 Å². The van der Waals surface area contributed by atoms with Crippen LogP contribution in [-0.2, 0) is 12.8 Å². The van der Waals surface area contributed by atoms with Crippen molar-refractivity contribution in [2.75, 3.05) is 62.2 Å². The van der Waals surface area contributed by atoms with Crippen molar-refractivity contribution in [3.05, 3.63) is 41.1 Å². The van der Waals surface area contributed by atoms with Crippen LogP contribution in [0.3, 0.4) is 0 Å². The van der Waals surface area contributed by atoms with Gasteiger partial charge in [-0.3, -0.25) is 4.90 Å². The molecule has 6 heteroatoms. The molecule has 1 aromatic heterocycles. The summed E-state index contributed by atoms with van der Waals surface area (Å²) in [5.74, 6) is 3.09. The summed E-state index contributed by atoms with van der Waals surface area (Å²) in [5, 5.41) is 0. The van der Waals surface area contributed by atoms with Gasteiger partial charge in [0.05, 0.1) is 6.61 Å². The van der Waals surface area contributed by atoms with Crippen LogP contribution in [0.4, 0.5) is 11.8 Å². The van der Waals surface area contributed by atoms with Crippen LogP contribution in [0.25, 0.3) is 0 Å². The van der Waals surface area contributed by atoms with Gasteiger partial charge in [-0.25, -0.2) is 4.98 Å². The summed E-state index contributed by atoms with van der Waals surface area (Å²) in [6.07, 6.45) is 4.70. The lowest BCUT2D eigenvalue weighted by Gasteiger charge is -2.35. The summed E-state index contributed by atoms with van der Waals surface area (Å²) in [7, 11) is 0. The Morgan fingerprint density at radius 2 is 1.76 bits per heavy atom. The molecule has 0 aliphatic carbocycles. The Balaban J connectivity index is 1.16. The standard InChI is InChI=1S/C23H31N5O/c1-18-16-22(27-8-2-3-9-27)25-23(24-18)28-13-11-26(12-14-28)10-6-19-4-5-21-20(17-19)7-15-29-21/h4-5,16-17H,2-3,6-15H2,1H3. The molecule has 6 nitrogen and oxygen atoms in total. The Labute approximate surface area is 173 Å². The number of aryl methyl sites for hydroxylation is 1. The van der Waals surface area contributed by atoms with Crippen molar-refractivity contribution in [1.82, 2.24) is 14.9 Å². The monoisotopic (exact) mass is 393 g/mol. The van der Waals surface area contributed by atoms with Gasteiger partial charge in [-0.2, -0.15) is 4.98 Å². The average molecular weight is 394 g/mol. The minimum absolute atomic E-state index is 0.835. The Kier molecular flexibility index (Phi) is 5.27. The van der Waals surface area contributed by atoms with Crippen molar-refractivity contribution in [3.8, 4) is 5.75 Å². The molecule has 0 radical (unpaired) electrons. The summed E-state index contributed by atoms with van der Waals surface area (Å²) in [6.45, 7) is 10.4. The number of fused-ring (bicyclic) bond motifs is 1. The largest absolute Gasteiger partial charge is 0.493 e. The molecule has 2 aromatic rings. The van der Waals surface area contributed by atoms with Crippen LogP contribution in [-0.4, -0.2) is 67.3 Å². The van der Waals surface area contributed by atoms with Gasteiger partial charge in [-0.1, -0.05) is 12.1 Å². The summed E-state index contributed by atoms with van der Waals surface area (Å²) < 4.78 is 5.62. The molecule has 29 heavy (non-hydrogen) atoms. The SMILES string of the molecule is Cc1cc(N2CCCC2)nc(N2CCN(CCc3ccc4c(c3)CCO4)CC2)n1. The Morgan fingerprint density at radius 1 is 0.931 bits per heavy atom. The molecule has 0 spiro atoms. The lowest BCUT2D eigenvalue weighted by Crippen LogP contribution is -2.47. The van der Waals surface area contributed by atoms with Crippen molar-refractivity contribution >= 4 is 11.8 Å². The highest BCUT2D eigenvalue weighted by atomic mass is 16.5. The van der Waals surface area contributed by atoms with E-state index in [9.17, 15) is 0 Å². The van der Waals surface area contributed by atoms with Gasteiger partial charge < -0.3 is 14.5 Å². The van der Waals surface area contributed by atoms with E-state index >= 15 is 0 Å². The van der Waals surface area contributed by atoms with Crippen molar-refractivity contribution in [1.29, 1.82) is 0 Å². The zero-order valence-corrected chi connectivity index (χ0v) is 17.4. The Morgan fingerprint density at radius 3 is 2.59 bits per heavy atom. The second-order valence-electron chi connectivity index (χ2n) is 8.48. The first-order chi connectivity index (χ1) is 14.2. The molecule has 2 saturated heterocycles. The number of nitrogens with zero attached hydrogens (tertiary/aromatic N) is 5. The first kappa shape index (κ1) is 18.7. The van der Waals surface area contributed by atoms with E-state index in [0.717, 1.165) is 88.5 Å². The van der Waals surface area contributed by atoms with Crippen LogP contribution in [0, 0.1) is 6.92 Å². The summed E-state index contributed by atoms with van der Waals surface area (Å²) in [5.41, 5.74) is 3.87. The van der Waals surface area contributed by atoms with E-state index in [1.165, 1.54) is 24.0 Å². The number of rotatable bonds is 5. The third-order valence-corrected chi connectivity index (χ3v) is 6.38. The third kappa shape index (κ3) is 4.17. The van der Waals surface area contributed by atoms with Gasteiger partial charge in [-0.05, 0) is 43.4 Å². The van der Waals surface area contributed by atoms with Gasteiger partial charge >= 0.3 is 0 Å². The first-order valence-corrected chi connectivity index (χ1v) is 11.1. The maximum absolute atomic E-state index is 5.62. The van der Waals surface area contributed by atoms with Crippen molar-refractivity contribution in [2.45, 2.75) is 32.6 Å². The molecule has 0 atom stereocenters. The molecule has 5 rings (SSSR count). The average Bonchev–Trinajstić information content (AvgIpc) is 3.44.